The van der Waals surface area contributed by atoms with E-state index >= 15 is 0 Å². The lowest BCUT2D eigenvalue weighted by molar-refractivity contribution is -0.122. The number of benzene rings is 2. The molecule has 1 aliphatic rings. The topological polar surface area (TPSA) is 71.4 Å². The van der Waals surface area contributed by atoms with E-state index < -0.39 is 17.8 Å². The zero-order valence-corrected chi connectivity index (χ0v) is 21.6. The lowest BCUT2D eigenvalue weighted by atomic mass is 9.87. The largest absolute Gasteiger partial charge is 0.335 e. The third-order valence-corrected chi connectivity index (χ3v) is 6.76. The van der Waals surface area contributed by atoms with E-state index in [1.165, 1.54) is 29.8 Å². The number of aryl methyl sites for hydroxylation is 1. The van der Waals surface area contributed by atoms with Gasteiger partial charge < -0.3 is 4.57 Å². The molecule has 180 valence electrons. The van der Waals surface area contributed by atoms with Crippen molar-refractivity contribution in [1.29, 1.82) is 0 Å². The molecule has 0 aliphatic carbocycles. The molecule has 1 aliphatic heterocycles. The van der Waals surface area contributed by atoms with E-state index in [0.717, 1.165) is 22.0 Å². The molecule has 1 saturated heterocycles. The minimum atomic E-state index is -0.847. The van der Waals surface area contributed by atoms with Gasteiger partial charge in [0, 0.05) is 17.1 Å². The van der Waals surface area contributed by atoms with Gasteiger partial charge in [0.1, 0.15) is 5.57 Å². The van der Waals surface area contributed by atoms with Crippen molar-refractivity contribution in [2.24, 2.45) is 0 Å². The molecule has 3 aromatic rings. The second kappa shape index (κ2) is 9.02. The highest BCUT2D eigenvalue weighted by atomic mass is 35.5. The molecule has 2 aromatic carbocycles. The summed E-state index contributed by atoms with van der Waals surface area (Å²) in [6.45, 7) is 10.4. The van der Waals surface area contributed by atoms with Crippen LogP contribution in [0.25, 0.3) is 11.8 Å². The molecule has 0 atom stereocenters. The first-order valence-electron chi connectivity index (χ1n) is 11.0. The lowest BCUT2D eigenvalue weighted by Gasteiger charge is -2.26. The Morgan fingerprint density at radius 2 is 1.49 bits per heavy atom. The molecule has 0 radical (unpaired) electrons. The summed E-state index contributed by atoms with van der Waals surface area (Å²) in [4.78, 5) is 39.2. The minimum absolute atomic E-state index is 0.0429. The van der Waals surface area contributed by atoms with Crippen molar-refractivity contribution >= 4 is 52.8 Å². The maximum atomic E-state index is 13.2. The summed E-state index contributed by atoms with van der Waals surface area (Å²) in [7, 11) is 0. The Labute approximate surface area is 214 Å². The smallest absolute Gasteiger partial charge is 0.318 e. The fourth-order valence-corrected chi connectivity index (χ4v) is 4.41. The van der Waals surface area contributed by atoms with E-state index in [1.54, 1.807) is 0 Å². The zero-order valence-electron chi connectivity index (χ0n) is 20.1. The molecular weight excluding hydrogens is 485 g/mol. The molecule has 0 unspecified atom stereocenters. The fraction of sp³-hybridized carbons (Fsp3) is 0.222. The predicted molar refractivity (Wildman–Crippen MR) is 139 cm³/mol. The second-order valence-corrected chi connectivity index (χ2v) is 10.3. The van der Waals surface area contributed by atoms with Crippen LogP contribution in [0.1, 0.15) is 43.3 Å². The predicted octanol–water partition coefficient (Wildman–Crippen LogP) is 6.36. The number of nitrogens with one attached hydrogen (secondary N) is 1. The van der Waals surface area contributed by atoms with E-state index in [1.807, 2.05) is 19.9 Å². The highest BCUT2D eigenvalue weighted by molar-refractivity contribution is 6.43. The summed E-state index contributed by atoms with van der Waals surface area (Å²) in [5.74, 6) is -1.49. The Bertz CT molecular complexity index is 1400. The first-order valence-corrected chi connectivity index (χ1v) is 11.8. The van der Waals surface area contributed by atoms with E-state index in [-0.39, 0.29) is 26.7 Å². The van der Waals surface area contributed by atoms with Gasteiger partial charge >= 0.3 is 6.03 Å². The summed E-state index contributed by atoms with van der Waals surface area (Å²) in [5, 5.41) is 2.71. The minimum Gasteiger partial charge on any atom is -0.318 e. The highest BCUT2D eigenvalue weighted by Gasteiger charge is 2.37. The molecule has 1 N–H and O–H groups in total. The van der Waals surface area contributed by atoms with Gasteiger partial charge in [0.25, 0.3) is 11.8 Å². The molecule has 6 nitrogen and oxygen atoms in total. The number of hydrogen-bond acceptors (Lipinski definition) is 3. The van der Waals surface area contributed by atoms with E-state index in [4.69, 9.17) is 23.2 Å². The molecular formula is C27H25Cl2N3O3. The van der Waals surface area contributed by atoms with Gasteiger partial charge in [0.2, 0.25) is 0 Å². The Morgan fingerprint density at radius 3 is 2.09 bits per heavy atom. The molecule has 4 amide bonds. The number of anilines is 1. The number of amides is 4. The van der Waals surface area contributed by atoms with Crippen LogP contribution < -0.4 is 10.2 Å². The van der Waals surface area contributed by atoms with Crippen LogP contribution in [0.4, 0.5) is 10.5 Å². The average Bonchev–Trinajstić information content (AvgIpc) is 3.05. The van der Waals surface area contributed by atoms with Crippen LogP contribution in [0.5, 0.6) is 0 Å². The van der Waals surface area contributed by atoms with Gasteiger partial charge in [-0.3, -0.25) is 14.9 Å². The van der Waals surface area contributed by atoms with E-state index in [9.17, 15) is 14.4 Å². The number of carbonyl (C=O) groups is 3. The number of nitrogens with zero attached hydrogens (tertiary/aromatic N) is 2. The maximum absolute atomic E-state index is 13.2. The number of imide groups is 2. The standard InChI is InChI=1S/C27H25Cl2N3O3/c1-15-12-17(16(2)31(15)19-8-6-18(7-9-19)27(3,4)5)13-21-24(33)30-26(35)32(25(21)34)20-10-11-22(28)23(29)14-20/h6-14H,1-5H3,(H,30,33,35)/b21-13+. The number of barbiturate groups is 1. The summed E-state index contributed by atoms with van der Waals surface area (Å²) < 4.78 is 2.06. The Hall–Kier alpha value is -3.35. The van der Waals surface area contributed by atoms with Crippen LogP contribution in [0.2, 0.25) is 10.0 Å². The van der Waals surface area contributed by atoms with Crippen LogP contribution in [-0.2, 0) is 15.0 Å². The van der Waals surface area contributed by atoms with Gasteiger partial charge in [-0.2, -0.15) is 0 Å². The first-order chi connectivity index (χ1) is 16.4. The fourth-order valence-electron chi connectivity index (χ4n) is 4.11. The van der Waals surface area contributed by atoms with Crippen LogP contribution in [0.15, 0.2) is 54.1 Å². The average molecular weight is 510 g/mol. The van der Waals surface area contributed by atoms with Crippen LogP contribution in [0.3, 0.4) is 0 Å². The molecule has 0 saturated carbocycles. The molecule has 1 aromatic heterocycles. The molecule has 4 rings (SSSR count). The maximum Gasteiger partial charge on any atom is 0.335 e. The van der Waals surface area contributed by atoms with Crippen LogP contribution >= 0.6 is 23.2 Å². The van der Waals surface area contributed by atoms with Crippen molar-refractivity contribution in [2.75, 3.05) is 4.90 Å². The third-order valence-electron chi connectivity index (χ3n) is 6.02. The molecule has 0 spiro atoms. The number of rotatable bonds is 3. The van der Waals surface area contributed by atoms with Crippen LogP contribution in [-0.4, -0.2) is 22.4 Å². The van der Waals surface area contributed by atoms with Gasteiger partial charge in [-0.25, -0.2) is 9.69 Å². The summed E-state index contributed by atoms with van der Waals surface area (Å²) in [5.41, 5.74) is 4.80. The Balaban J connectivity index is 1.73. The molecule has 8 heteroatoms. The summed E-state index contributed by atoms with van der Waals surface area (Å²) in [6, 6.07) is 13.8. The molecule has 2 heterocycles. The van der Waals surface area contributed by atoms with Crippen LogP contribution in [0, 0.1) is 13.8 Å². The summed E-state index contributed by atoms with van der Waals surface area (Å²) >= 11 is 12.0. The van der Waals surface area contributed by atoms with Gasteiger partial charge in [-0.1, -0.05) is 56.1 Å². The van der Waals surface area contributed by atoms with Crippen molar-refractivity contribution in [3.05, 3.63) is 86.7 Å². The van der Waals surface area contributed by atoms with Crippen molar-refractivity contribution in [3.8, 4) is 5.69 Å². The van der Waals surface area contributed by atoms with Crippen molar-refractivity contribution in [3.63, 3.8) is 0 Å². The normalized spacial score (nSPS) is 15.7. The quantitative estimate of drug-likeness (QED) is 0.329. The molecule has 35 heavy (non-hydrogen) atoms. The Morgan fingerprint density at radius 1 is 0.857 bits per heavy atom. The zero-order chi connectivity index (χ0) is 25.7. The number of urea groups is 1. The number of carbonyl (C=O) groups excluding carboxylic acids is 3. The van der Waals surface area contributed by atoms with Gasteiger partial charge in [0.05, 0.1) is 15.7 Å². The first kappa shape index (κ1) is 24.8. The Kier molecular flexibility index (Phi) is 6.38. The third kappa shape index (κ3) is 4.64. The highest BCUT2D eigenvalue weighted by Crippen LogP contribution is 2.31. The summed E-state index contributed by atoms with van der Waals surface area (Å²) in [6.07, 6.45) is 1.51. The van der Waals surface area contributed by atoms with Crippen molar-refractivity contribution in [2.45, 2.75) is 40.0 Å². The number of hydrogen-bond donors (Lipinski definition) is 1. The second-order valence-electron chi connectivity index (χ2n) is 9.52. The van der Waals surface area contributed by atoms with Crippen molar-refractivity contribution < 1.29 is 14.4 Å². The van der Waals surface area contributed by atoms with Gasteiger partial charge in [-0.05, 0) is 72.9 Å². The van der Waals surface area contributed by atoms with E-state index in [2.05, 4.69) is 54.9 Å². The van der Waals surface area contributed by atoms with Crippen molar-refractivity contribution in [1.82, 2.24) is 9.88 Å². The van der Waals surface area contributed by atoms with Gasteiger partial charge in [0.15, 0.2) is 0 Å². The van der Waals surface area contributed by atoms with E-state index in [0.29, 0.717) is 5.56 Å². The number of aromatic nitrogens is 1. The molecule has 1 fully saturated rings. The monoisotopic (exact) mass is 509 g/mol. The number of halogens is 2. The SMILES string of the molecule is Cc1cc(/C=C2\C(=O)NC(=O)N(c3ccc(Cl)c(Cl)c3)C2=O)c(C)n1-c1ccc(C(C)(C)C)cc1. The molecule has 0 bridgehead atoms. The lowest BCUT2D eigenvalue weighted by Crippen LogP contribution is -2.54. The van der Waals surface area contributed by atoms with Gasteiger partial charge in [-0.15, -0.1) is 0 Å².